The molecule has 0 radical (unpaired) electrons. The summed E-state index contributed by atoms with van der Waals surface area (Å²) in [6.07, 6.45) is 0.00342. The van der Waals surface area contributed by atoms with Crippen molar-refractivity contribution in [2.75, 3.05) is 0 Å². The van der Waals surface area contributed by atoms with Crippen LogP contribution in [-0.2, 0) is 11.2 Å². The minimum atomic E-state index is -0.853. The topological polar surface area (TPSA) is 63.3 Å². The van der Waals surface area contributed by atoms with Gasteiger partial charge in [0, 0.05) is 10.6 Å². The molecule has 0 saturated heterocycles. The third-order valence-corrected chi connectivity index (χ3v) is 3.14. The van der Waals surface area contributed by atoms with Gasteiger partial charge in [0.05, 0.1) is 6.42 Å². The fourth-order valence-electron chi connectivity index (χ4n) is 1.96. The zero-order valence-electron chi connectivity index (χ0n) is 10.3. The lowest BCUT2D eigenvalue weighted by Crippen LogP contribution is -1.99. The molecule has 1 heterocycles. The summed E-state index contributed by atoms with van der Waals surface area (Å²) in [5, 5.41) is 9.34. The van der Waals surface area contributed by atoms with Crippen LogP contribution in [0.1, 0.15) is 5.56 Å². The van der Waals surface area contributed by atoms with Crippen LogP contribution in [0, 0.1) is 0 Å². The Morgan fingerprint density at radius 2 is 1.95 bits per heavy atom. The van der Waals surface area contributed by atoms with Crippen LogP contribution in [0.5, 0.6) is 0 Å². The van der Waals surface area contributed by atoms with Crippen molar-refractivity contribution in [3.63, 3.8) is 0 Å². The molecule has 4 nitrogen and oxygen atoms in total. The Labute approximate surface area is 119 Å². The first kappa shape index (κ1) is 12.7. The Kier molecular flexibility index (Phi) is 3.16. The summed E-state index contributed by atoms with van der Waals surface area (Å²) in [5.41, 5.74) is 2.90. The molecule has 0 amide bonds. The van der Waals surface area contributed by atoms with Crippen LogP contribution in [0.25, 0.3) is 22.6 Å². The van der Waals surface area contributed by atoms with Gasteiger partial charge in [-0.1, -0.05) is 23.7 Å². The summed E-state index contributed by atoms with van der Waals surface area (Å²) in [7, 11) is 0. The number of carboxylic acid groups (broad SMARTS) is 1. The number of halogens is 1. The van der Waals surface area contributed by atoms with Gasteiger partial charge in [-0.05, 0) is 35.9 Å². The molecule has 0 aliphatic heterocycles. The molecule has 0 aliphatic rings. The standard InChI is InChI=1S/C15H10ClNO3/c16-11-5-6-13-12(8-11)17-15(20-13)10-3-1-9(2-4-10)7-14(18)19/h1-6,8H,7H2,(H,18,19). The molecule has 0 spiro atoms. The summed E-state index contributed by atoms with van der Waals surface area (Å²) >= 11 is 5.91. The monoisotopic (exact) mass is 287 g/mol. The third kappa shape index (κ3) is 2.51. The molecule has 0 unspecified atom stereocenters. The Bertz CT molecular complexity index is 777. The van der Waals surface area contributed by atoms with E-state index in [1.807, 2.05) is 0 Å². The number of rotatable bonds is 3. The van der Waals surface area contributed by atoms with Crippen LogP contribution in [-0.4, -0.2) is 16.1 Å². The van der Waals surface area contributed by atoms with Crippen molar-refractivity contribution in [3.05, 3.63) is 53.1 Å². The van der Waals surface area contributed by atoms with Crippen LogP contribution in [0.2, 0.25) is 5.02 Å². The summed E-state index contributed by atoms with van der Waals surface area (Å²) in [4.78, 5) is 15.0. The van der Waals surface area contributed by atoms with Crippen molar-refractivity contribution in [3.8, 4) is 11.5 Å². The number of nitrogens with zero attached hydrogens (tertiary/aromatic N) is 1. The maximum atomic E-state index is 10.6. The van der Waals surface area contributed by atoms with Crippen molar-refractivity contribution >= 4 is 28.7 Å². The van der Waals surface area contributed by atoms with Gasteiger partial charge in [0.15, 0.2) is 5.58 Å². The van der Waals surface area contributed by atoms with E-state index >= 15 is 0 Å². The minimum Gasteiger partial charge on any atom is -0.481 e. The molecule has 1 aromatic heterocycles. The fraction of sp³-hybridized carbons (Fsp3) is 0.0667. The average Bonchev–Trinajstić information content (AvgIpc) is 2.81. The number of aliphatic carboxylic acids is 1. The lowest BCUT2D eigenvalue weighted by molar-refractivity contribution is -0.136. The van der Waals surface area contributed by atoms with Crippen LogP contribution in [0.3, 0.4) is 0 Å². The molecule has 1 N–H and O–H groups in total. The second kappa shape index (κ2) is 4.98. The fourth-order valence-corrected chi connectivity index (χ4v) is 2.13. The van der Waals surface area contributed by atoms with Crippen molar-refractivity contribution in [1.82, 2.24) is 4.98 Å². The van der Waals surface area contributed by atoms with E-state index in [2.05, 4.69) is 4.98 Å². The molecule has 0 atom stereocenters. The van der Waals surface area contributed by atoms with E-state index in [9.17, 15) is 4.79 Å². The number of carbonyl (C=O) groups is 1. The number of hydrogen-bond acceptors (Lipinski definition) is 3. The summed E-state index contributed by atoms with van der Waals surface area (Å²) in [6.45, 7) is 0. The summed E-state index contributed by atoms with van der Waals surface area (Å²) in [6, 6.07) is 12.4. The highest BCUT2D eigenvalue weighted by atomic mass is 35.5. The van der Waals surface area contributed by atoms with Gasteiger partial charge < -0.3 is 9.52 Å². The number of benzene rings is 2. The van der Waals surface area contributed by atoms with Crippen LogP contribution in [0.15, 0.2) is 46.9 Å². The van der Waals surface area contributed by atoms with Gasteiger partial charge in [-0.3, -0.25) is 4.79 Å². The van der Waals surface area contributed by atoms with E-state index in [-0.39, 0.29) is 6.42 Å². The number of hydrogen-bond donors (Lipinski definition) is 1. The van der Waals surface area contributed by atoms with Gasteiger partial charge in [0.2, 0.25) is 5.89 Å². The van der Waals surface area contributed by atoms with E-state index in [1.54, 1.807) is 42.5 Å². The Balaban J connectivity index is 1.96. The summed E-state index contributed by atoms with van der Waals surface area (Å²) in [5.74, 6) is -0.363. The van der Waals surface area contributed by atoms with E-state index < -0.39 is 5.97 Å². The SMILES string of the molecule is O=C(O)Cc1ccc(-c2nc3cc(Cl)ccc3o2)cc1. The highest BCUT2D eigenvalue weighted by Gasteiger charge is 2.09. The molecule has 20 heavy (non-hydrogen) atoms. The molecule has 100 valence electrons. The zero-order valence-corrected chi connectivity index (χ0v) is 11.1. The minimum absolute atomic E-state index is 0.00342. The number of oxazole rings is 1. The van der Waals surface area contributed by atoms with Crippen LogP contribution >= 0.6 is 11.6 Å². The Morgan fingerprint density at radius 3 is 2.65 bits per heavy atom. The molecule has 0 saturated carbocycles. The van der Waals surface area contributed by atoms with E-state index in [4.69, 9.17) is 21.1 Å². The predicted octanol–water partition coefficient (Wildman–Crippen LogP) is 3.78. The second-order valence-corrected chi connectivity index (χ2v) is 4.83. The van der Waals surface area contributed by atoms with Gasteiger partial charge in [0.1, 0.15) is 5.52 Å². The van der Waals surface area contributed by atoms with Gasteiger partial charge in [-0.25, -0.2) is 4.98 Å². The molecule has 3 rings (SSSR count). The molecule has 3 aromatic rings. The van der Waals surface area contributed by atoms with Gasteiger partial charge in [-0.2, -0.15) is 0 Å². The van der Waals surface area contributed by atoms with Crippen molar-refractivity contribution in [2.24, 2.45) is 0 Å². The highest BCUT2D eigenvalue weighted by Crippen LogP contribution is 2.26. The first-order chi connectivity index (χ1) is 9.61. The number of carboxylic acids is 1. The molecule has 0 aliphatic carbocycles. The zero-order chi connectivity index (χ0) is 14.1. The lowest BCUT2D eigenvalue weighted by Gasteiger charge is -1.98. The van der Waals surface area contributed by atoms with Crippen molar-refractivity contribution in [2.45, 2.75) is 6.42 Å². The largest absolute Gasteiger partial charge is 0.481 e. The average molecular weight is 288 g/mol. The van der Waals surface area contributed by atoms with E-state index in [1.165, 1.54) is 0 Å². The lowest BCUT2D eigenvalue weighted by atomic mass is 10.1. The number of fused-ring (bicyclic) bond motifs is 1. The summed E-state index contributed by atoms with van der Waals surface area (Å²) < 4.78 is 5.64. The molecule has 2 aromatic carbocycles. The maximum absolute atomic E-state index is 10.6. The second-order valence-electron chi connectivity index (χ2n) is 4.40. The highest BCUT2D eigenvalue weighted by molar-refractivity contribution is 6.31. The molecule has 0 bridgehead atoms. The van der Waals surface area contributed by atoms with Crippen LogP contribution < -0.4 is 0 Å². The first-order valence-corrected chi connectivity index (χ1v) is 6.37. The Hall–Kier alpha value is -2.33. The van der Waals surface area contributed by atoms with Crippen LogP contribution in [0.4, 0.5) is 0 Å². The number of aromatic nitrogens is 1. The normalized spacial score (nSPS) is 10.8. The van der Waals surface area contributed by atoms with E-state index in [0.717, 1.165) is 11.1 Å². The molecule has 0 fully saturated rings. The third-order valence-electron chi connectivity index (χ3n) is 2.91. The van der Waals surface area contributed by atoms with Gasteiger partial charge >= 0.3 is 5.97 Å². The maximum Gasteiger partial charge on any atom is 0.307 e. The predicted molar refractivity (Wildman–Crippen MR) is 75.8 cm³/mol. The molecular weight excluding hydrogens is 278 g/mol. The van der Waals surface area contributed by atoms with Crippen molar-refractivity contribution in [1.29, 1.82) is 0 Å². The van der Waals surface area contributed by atoms with Gasteiger partial charge in [0.25, 0.3) is 0 Å². The van der Waals surface area contributed by atoms with E-state index in [0.29, 0.717) is 22.0 Å². The smallest absolute Gasteiger partial charge is 0.307 e. The molecular formula is C15H10ClNO3. The van der Waals surface area contributed by atoms with Crippen molar-refractivity contribution < 1.29 is 14.3 Å². The molecule has 5 heteroatoms. The first-order valence-electron chi connectivity index (χ1n) is 5.99. The quantitative estimate of drug-likeness (QED) is 0.796. The Morgan fingerprint density at radius 1 is 1.20 bits per heavy atom. The van der Waals surface area contributed by atoms with Gasteiger partial charge in [-0.15, -0.1) is 0 Å².